The lowest BCUT2D eigenvalue weighted by Crippen LogP contribution is -2.39. The molecule has 3 aromatic carbocycles. The molecule has 0 fully saturated rings. The van der Waals surface area contributed by atoms with Crippen molar-refractivity contribution in [2.45, 2.75) is 50.5 Å². The van der Waals surface area contributed by atoms with Gasteiger partial charge < -0.3 is 15.5 Å². The Morgan fingerprint density at radius 3 is 1.97 bits per heavy atom. The number of carbonyl (C=O) groups excluding carboxylic acids is 1. The molecule has 0 aromatic heterocycles. The highest BCUT2D eigenvalue weighted by atomic mass is 16.4. The third-order valence-electron chi connectivity index (χ3n) is 6.47. The summed E-state index contributed by atoms with van der Waals surface area (Å²) in [5.74, 6) is -1.94. The summed E-state index contributed by atoms with van der Waals surface area (Å²) in [4.78, 5) is 25.1. The van der Waals surface area contributed by atoms with Crippen LogP contribution in [0.25, 0.3) is 11.1 Å². The Labute approximate surface area is 194 Å². The molecule has 5 heteroatoms. The molecular weight excluding hydrogens is 414 g/mol. The summed E-state index contributed by atoms with van der Waals surface area (Å²) < 4.78 is 0. The molecule has 0 heterocycles. The molecule has 3 N–H and O–H groups in total. The number of unbranched alkanes of at least 4 members (excludes halogenated alkanes) is 3. The zero-order valence-corrected chi connectivity index (χ0v) is 18.8. The van der Waals surface area contributed by atoms with E-state index in [0.717, 1.165) is 36.8 Å². The number of carboxylic acid groups (broad SMARTS) is 1. The fraction of sp³-hybridized carbons (Fsp3) is 0.286. The lowest BCUT2D eigenvalue weighted by Gasteiger charge is -2.24. The SMILES string of the molecule is CCCCCCC(C(=O)O)c1ccc(NC(=O)C2(O)c3ccccc3-c3ccccc32)cc1. The van der Waals surface area contributed by atoms with Gasteiger partial charge in [-0.25, -0.2) is 0 Å². The summed E-state index contributed by atoms with van der Waals surface area (Å²) in [6, 6.07) is 21.6. The Bertz CT molecular complexity index is 1110. The third-order valence-corrected chi connectivity index (χ3v) is 6.47. The first-order valence-corrected chi connectivity index (χ1v) is 11.5. The van der Waals surface area contributed by atoms with Crippen LogP contribution in [0.1, 0.15) is 61.6 Å². The van der Waals surface area contributed by atoms with Crippen molar-refractivity contribution in [2.24, 2.45) is 0 Å². The smallest absolute Gasteiger partial charge is 0.310 e. The number of anilines is 1. The van der Waals surface area contributed by atoms with Crippen LogP contribution in [0.5, 0.6) is 0 Å². The summed E-state index contributed by atoms with van der Waals surface area (Å²) in [6.07, 6.45) is 4.69. The lowest BCUT2D eigenvalue weighted by molar-refractivity contribution is -0.139. The molecule has 33 heavy (non-hydrogen) atoms. The van der Waals surface area contributed by atoms with Crippen molar-refractivity contribution in [2.75, 3.05) is 5.32 Å². The number of rotatable bonds is 9. The minimum atomic E-state index is -1.80. The highest BCUT2D eigenvalue weighted by Crippen LogP contribution is 2.47. The predicted octanol–water partition coefficient (Wildman–Crippen LogP) is 5.68. The molecule has 1 amide bonds. The van der Waals surface area contributed by atoms with E-state index in [1.165, 1.54) is 0 Å². The average molecular weight is 444 g/mol. The molecule has 1 atom stereocenters. The Balaban J connectivity index is 1.54. The van der Waals surface area contributed by atoms with Gasteiger partial charge in [-0.3, -0.25) is 9.59 Å². The first-order valence-electron chi connectivity index (χ1n) is 11.5. The molecule has 0 bridgehead atoms. The highest BCUT2D eigenvalue weighted by molar-refractivity contribution is 6.05. The zero-order valence-electron chi connectivity index (χ0n) is 18.8. The maximum atomic E-state index is 13.3. The number of hydrogen-bond acceptors (Lipinski definition) is 3. The number of nitrogens with one attached hydrogen (secondary N) is 1. The molecule has 170 valence electrons. The standard InChI is InChI=1S/C28H29NO4/c1-2-3-4-5-10-21(26(30)31)19-15-17-20(18-16-19)29-27(32)28(33)24-13-8-6-11-22(24)23-12-7-9-14-25(23)28/h6-9,11-18,21,33H,2-5,10H2,1H3,(H,29,32)(H,30,31). The van der Waals surface area contributed by atoms with Gasteiger partial charge >= 0.3 is 5.97 Å². The van der Waals surface area contributed by atoms with Gasteiger partial charge in [0, 0.05) is 16.8 Å². The number of aliphatic carboxylic acids is 1. The van der Waals surface area contributed by atoms with Crippen LogP contribution in [0.4, 0.5) is 5.69 Å². The predicted molar refractivity (Wildman–Crippen MR) is 129 cm³/mol. The number of carboxylic acids is 1. The Morgan fingerprint density at radius 1 is 0.848 bits per heavy atom. The van der Waals surface area contributed by atoms with E-state index in [9.17, 15) is 19.8 Å². The van der Waals surface area contributed by atoms with Crippen molar-refractivity contribution in [3.05, 3.63) is 89.5 Å². The van der Waals surface area contributed by atoms with Crippen molar-refractivity contribution in [3.8, 4) is 11.1 Å². The van der Waals surface area contributed by atoms with E-state index < -0.39 is 23.4 Å². The number of benzene rings is 3. The van der Waals surface area contributed by atoms with Gasteiger partial charge in [-0.2, -0.15) is 0 Å². The number of fused-ring (bicyclic) bond motifs is 3. The van der Waals surface area contributed by atoms with Gasteiger partial charge in [0.05, 0.1) is 5.92 Å². The van der Waals surface area contributed by atoms with Crippen LogP contribution in [-0.2, 0) is 15.2 Å². The van der Waals surface area contributed by atoms with Gasteiger partial charge in [-0.1, -0.05) is 93.3 Å². The van der Waals surface area contributed by atoms with E-state index in [0.29, 0.717) is 28.8 Å². The summed E-state index contributed by atoms with van der Waals surface area (Å²) in [7, 11) is 0. The second kappa shape index (κ2) is 9.59. The minimum Gasteiger partial charge on any atom is -0.481 e. The Hall–Kier alpha value is -3.44. The van der Waals surface area contributed by atoms with Gasteiger partial charge in [0.25, 0.3) is 5.91 Å². The van der Waals surface area contributed by atoms with Crippen molar-refractivity contribution < 1.29 is 19.8 Å². The van der Waals surface area contributed by atoms with Gasteiger partial charge in [0.1, 0.15) is 0 Å². The molecule has 1 aliphatic rings. The highest BCUT2D eigenvalue weighted by Gasteiger charge is 2.47. The largest absolute Gasteiger partial charge is 0.481 e. The van der Waals surface area contributed by atoms with Gasteiger partial charge in [-0.15, -0.1) is 0 Å². The fourth-order valence-corrected chi connectivity index (χ4v) is 4.68. The van der Waals surface area contributed by atoms with Crippen LogP contribution < -0.4 is 5.32 Å². The zero-order chi connectivity index (χ0) is 23.4. The summed E-state index contributed by atoms with van der Waals surface area (Å²) >= 11 is 0. The summed E-state index contributed by atoms with van der Waals surface area (Å²) in [6.45, 7) is 2.13. The van der Waals surface area contributed by atoms with Crippen LogP contribution in [-0.4, -0.2) is 22.1 Å². The monoisotopic (exact) mass is 443 g/mol. The molecule has 0 spiro atoms. The average Bonchev–Trinajstić information content (AvgIpc) is 3.10. The van der Waals surface area contributed by atoms with Gasteiger partial charge in [0.2, 0.25) is 0 Å². The topological polar surface area (TPSA) is 86.6 Å². The molecule has 3 aromatic rings. The molecule has 1 aliphatic carbocycles. The van der Waals surface area contributed by atoms with Gasteiger partial charge in [0.15, 0.2) is 5.60 Å². The summed E-state index contributed by atoms with van der Waals surface area (Å²) in [5, 5.41) is 24.1. The first-order chi connectivity index (χ1) is 16.0. The van der Waals surface area contributed by atoms with Crippen LogP contribution in [0, 0.1) is 0 Å². The molecule has 0 saturated carbocycles. The number of hydrogen-bond donors (Lipinski definition) is 3. The minimum absolute atomic E-state index is 0.508. The van der Waals surface area contributed by atoms with Crippen molar-refractivity contribution in [1.82, 2.24) is 0 Å². The van der Waals surface area contributed by atoms with E-state index in [1.54, 1.807) is 36.4 Å². The Kier molecular flexibility index (Phi) is 6.61. The molecule has 0 aliphatic heterocycles. The molecule has 4 rings (SSSR count). The quantitative estimate of drug-likeness (QED) is 0.371. The second-order valence-corrected chi connectivity index (χ2v) is 8.62. The summed E-state index contributed by atoms with van der Waals surface area (Å²) in [5.41, 5.74) is 2.22. The Morgan fingerprint density at radius 2 is 1.42 bits per heavy atom. The lowest BCUT2D eigenvalue weighted by atomic mass is 9.90. The molecular formula is C28H29NO4. The van der Waals surface area contributed by atoms with Crippen LogP contribution in [0.2, 0.25) is 0 Å². The normalized spacial score (nSPS) is 14.2. The van der Waals surface area contributed by atoms with E-state index in [2.05, 4.69) is 12.2 Å². The van der Waals surface area contributed by atoms with E-state index in [1.807, 2.05) is 36.4 Å². The van der Waals surface area contributed by atoms with Crippen molar-refractivity contribution in [1.29, 1.82) is 0 Å². The molecule has 1 unspecified atom stereocenters. The maximum Gasteiger partial charge on any atom is 0.310 e. The third kappa shape index (κ3) is 4.29. The first kappa shape index (κ1) is 22.7. The van der Waals surface area contributed by atoms with Gasteiger partial charge in [-0.05, 0) is 35.2 Å². The van der Waals surface area contributed by atoms with Crippen LogP contribution >= 0.6 is 0 Å². The van der Waals surface area contributed by atoms with Crippen LogP contribution in [0.3, 0.4) is 0 Å². The van der Waals surface area contributed by atoms with E-state index >= 15 is 0 Å². The fourth-order valence-electron chi connectivity index (χ4n) is 4.68. The van der Waals surface area contributed by atoms with E-state index in [4.69, 9.17) is 0 Å². The molecule has 0 saturated heterocycles. The number of aliphatic hydroxyl groups is 1. The number of amides is 1. The molecule has 5 nitrogen and oxygen atoms in total. The van der Waals surface area contributed by atoms with Crippen LogP contribution in [0.15, 0.2) is 72.8 Å². The molecule has 0 radical (unpaired) electrons. The van der Waals surface area contributed by atoms with Crippen molar-refractivity contribution >= 4 is 17.6 Å². The van der Waals surface area contributed by atoms with Crippen molar-refractivity contribution in [3.63, 3.8) is 0 Å². The second-order valence-electron chi connectivity index (χ2n) is 8.62. The van der Waals surface area contributed by atoms with E-state index in [-0.39, 0.29) is 0 Å². The number of carbonyl (C=O) groups is 2. The maximum absolute atomic E-state index is 13.3.